The van der Waals surface area contributed by atoms with Crippen LogP contribution in [0, 0.1) is 0 Å². The van der Waals surface area contributed by atoms with Gasteiger partial charge in [-0.15, -0.1) is 0 Å². The first-order chi connectivity index (χ1) is 7.81. The SMILES string of the molecule is COc1cccc(C(=O)C2CNCCO2)c1. The van der Waals surface area contributed by atoms with Crippen LogP contribution in [0.15, 0.2) is 24.3 Å². The number of nitrogens with one attached hydrogen (secondary N) is 1. The van der Waals surface area contributed by atoms with Crippen LogP contribution in [0.1, 0.15) is 10.4 Å². The highest BCUT2D eigenvalue weighted by molar-refractivity contribution is 6.00. The van der Waals surface area contributed by atoms with Gasteiger partial charge in [-0.2, -0.15) is 0 Å². The molecule has 1 atom stereocenters. The molecule has 1 aliphatic rings. The number of methoxy groups -OCH3 is 1. The lowest BCUT2D eigenvalue weighted by molar-refractivity contribution is 0.0269. The molecule has 0 bridgehead atoms. The Morgan fingerprint density at radius 2 is 2.44 bits per heavy atom. The zero-order valence-electron chi connectivity index (χ0n) is 9.23. The third-order valence-electron chi connectivity index (χ3n) is 2.57. The van der Waals surface area contributed by atoms with Gasteiger partial charge in [-0.05, 0) is 12.1 Å². The van der Waals surface area contributed by atoms with Crippen molar-refractivity contribution >= 4 is 5.78 Å². The van der Waals surface area contributed by atoms with Gasteiger partial charge in [-0.3, -0.25) is 4.79 Å². The van der Waals surface area contributed by atoms with Gasteiger partial charge < -0.3 is 14.8 Å². The van der Waals surface area contributed by atoms with E-state index in [4.69, 9.17) is 9.47 Å². The minimum Gasteiger partial charge on any atom is -0.497 e. The summed E-state index contributed by atoms with van der Waals surface area (Å²) in [7, 11) is 1.59. The summed E-state index contributed by atoms with van der Waals surface area (Å²) in [5, 5.41) is 3.14. The van der Waals surface area contributed by atoms with E-state index in [0.29, 0.717) is 24.5 Å². The van der Waals surface area contributed by atoms with Crippen molar-refractivity contribution in [1.29, 1.82) is 0 Å². The molecule has 2 rings (SSSR count). The van der Waals surface area contributed by atoms with Crippen LogP contribution >= 0.6 is 0 Å². The molecule has 0 saturated carbocycles. The van der Waals surface area contributed by atoms with E-state index in [9.17, 15) is 4.79 Å². The highest BCUT2D eigenvalue weighted by Crippen LogP contribution is 2.15. The number of rotatable bonds is 3. The summed E-state index contributed by atoms with van der Waals surface area (Å²) in [6, 6.07) is 7.14. The second-order valence-corrected chi connectivity index (χ2v) is 3.66. The number of carbonyl (C=O) groups is 1. The minimum atomic E-state index is -0.374. The van der Waals surface area contributed by atoms with Crippen molar-refractivity contribution in [3.63, 3.8) is 0 Å². The lowest BCUT2D eigenvalue weighted by Crippen LogP contribution is -2.43. The number of hydrogen-bond acceptors (Lipinski definition) is 4. The smallest absolute Gasteiger partial charge is 0.192 e. The van der Waals surface area contributed by atoms with Gasteiger partial charge in [-0.25, -0.2) is 0 Å². The molecule has 4 nitrogen and oxygen atoms in total. The Bertz CT molecular complexity index is 372. The fourth-order valence-electron chi connectivity index (χ4n) is 1.70. The lowest BCUT2D eigenvalue weighted by Gasteiger charge is -2.22. The normalized spacial score (nSPS) is 20.4. The van der Waals surface area contributed by atoms with Crippen molar-refractivity contribution < 1.29 is 14.3 Å². The van der Waals surface area contributed by atoms with E-state index in [-0.39, 0.29) is 11.9 Å². The Balaban J connectivity index is 2.12. The van der Waals surface area contributed by atoms with Gasteiger partial charge in [0.25, 0.3) is 0 Å². The second kappa shape index (κ2) is 5.09. The van der Waals surface area contributed by atoms with Crippen LogP contribution in [-0.4, -0.2) is 38.7 Å². The summed E-state index contributed by atoms with van der Waals surface area (Å²) >= 11 is 0. The molecule has 16 heavy (non-hydrogen) atoms. The average molecular weight is 221 g/mol. The maximum Gasteiger partial charge on any atom is 0.192 e. The standard InChI is InChI=1S/C12H15NO3/c1-15-10-4-2-3-9(7-10)12(14)11-8-13-5-6-16-11/h2-4,7,11,13H,5-6,8H2,1H3. The van der Waals surface area contributed by atoms with Crippen LogP contribution in [0.3, 0.4) is 0 Å². The molecule has 0 spiro atoms. The summed E-state index contributed by atoms with van der Waals surface area (Å²) < 4.78 is 10.5. The monoisotopic (exact) mass is 221 g/mol. The van der Waals surface area contributed by atoms with Crippen molar-refractivity contribution in [2.45, 2.75) is 6.10 Å². The molecule has 0 radical (unpaired) electrons. The van der Waals surface area contributed by atoms with Gasteiger partial charge in [-0.1, -0.05) is 12.1 Å². The fourth-order valence-corrected chi connectivity index (χ4v) is 1.70. The van der Waals surface area contributed by atoms with E-state index in [2.05, 4.69) is 5.32 Å². The van der Waals surface area contributed by atoms with Gasteiger partial charge in [0.1, 0.15) is 11.9 Å². The molecule has 1 aliphatic heterocycles. The van der Waals surface area contributed by atoms with Crippen molar-refractivity contribution in [2.24, 2.45) is 0 Å². The molecule has 1 N–H and O–H groups in total. The van der Waals surface area contributed by atoms with Crippen LogP contribution in [0.25, 0.3) is 0 Å². The van der Waals surface area contributed by atoms with E-state index in [0.717, 1.165) is 6.54 Å². The van der Waals surface area contributed by atoms with E-state index < -0.39 is 0 Å². The predicted molar refractivity (Wildman–Crippen MR) is 59.9 cm³/mol. The summed E-state index contributed by atoms with van der Waals surface area (Å²) in [4.78, 5) is 12.0. The van der Waals surface area contributed by atoms with Crippen molar-refractivity contribution in [3.05, 3.63) is 29.8 Å². The second-order valence-electron chi connectivity index (χ2n) is 3.66. The fraction of sp³-hybridized carbons (Fsp3) is 0.417. The van der Waals surface area contributed by atoms with Gasteiger partial charge in [0.2, 0.25) is 0 Å². The van der Waals surface area contributed by atoms with Gasteiger partial charge in [0, 0.05) is 18.7 Å². The lowest BCUT2D eigenvalue weighted by atomic mass is 10.1. The Labute approximate surface area is 94.6 Å². The number of ketones is 1. The third-order valence-corrected chi connectivity index (χ3v) is 2.57. The molecule has 1 fully saturated rings. The molecule has 1 heterocycles. The van der Waals surface area contributed by atoms with Gasteiger partial charge in [0.05, 0.1) is 13.7 Å². The molecule has 1 aromatic rings. The molecule has 0 amide bonds. The summed E-state index contributed by atoms with van der Waals surface area (Å²) in [6.07, 6.45) is -0.374. The van der Waals surface area contributed by atoms with Gasteiger partial charge in [0.15, 0.2) is 5.78 Å². The number of carbonyl (C=O) groups excluding carboxylic acids is 1. The summed E-state index contributed by atoms with van der Waals surface area (Å²) in [5.41, 5.74) is 0.632. The number of morpholine rings is 1. The molecule has 1 saturated heterocycles. The zero-order chi connectivity index (χ0) is 11.4. The first kappa shape index (κ1) is 11.1. The topological polar surface area (TPSA) is 47.6 Å². The Hall–Kier alpha value is -1.39. The number of ether oxygens (including phenoxy) is 2. The highest BCUT2D eigenvalue weighted by atomic mass is 16.5. The van der Waals surface area contributed by atoms with Crippen LogP contribution < -0.4 is 10.1 Å². The number of benzene rings is 1. The van der Waals surface area contributed by atoms with E-state index in [1.54, 1.807) is 19.2 Å². The Morgan fingerprint density at radius 3 is 3.12 bits per heavy atom. The molecule has 86 valence electrons. The van der Waals surface area contributed by atoms with Crippen LogP contribution in [0.2, 0.25) is 0 Å². The molecular weight excluding hydrogens is 206 g/mol. The maximum absolute atomic E-state index is 12.0. The highest BCUT2D eigenvalue weighted by Gasteiger charge is 2.23. The average Bonchev–Trinajstić information content (AvgIpc) is 2.39. The number of Topliss-reactive ketones (excluding diaryl/α,β-unsaturated/α-hetero) is 1. The molecular formula is C12H15NO3. The van der Waals surface area contributed by atoms with Crippen molar-refractivity contribution in [1.82, 2.24) is 5.32 Å². The van der Waals surface area contributed by atoms with Crippen LogP contribution in [0.4, 0.5) is 0 Å². The summed E-state index contributed by atoms with van der Waals surface area (Å²) in [5.74, 6) is 0.695. The quantitative estimate of drug-likeness (QED) is 0.769. The first-order valence-electron chi connectivity index (χ1n) is 5.32. The largest absolute Gasteiger partial charge is 0.497 e. The minimum absolute atomic E-state index is 0.00565. The van der Waals surface area contributed by atoms with Crippen LogP contribution in [-0.2, 0) is 4.74 Å². The maximum atomic E-state index is 12.0. The molecule has 0 aliphatic carbocycles. The molecule has 1 aromatic carbocycles. The molecule has 1 unspecified atom stereocenters. The van der Waals surface area contributed by atoms with E-state index in [1.165, 1.54) is 0 Å². The Kier molecular flexibility index (Phi) is 3.54. The molecule has 4 heteroatoms. The van der Waals surface area contributed by atoms with Crippen LogP contribution in [0.5, 0.6) is 5.75 Å². The summed E-state index contributed by atoms with van der Waals surface area (Å²) in [6.45, 7) is 1.97. The van der Waals surface area contributed by atoms with E-state index >= 15 is 0 Å². The first-order valence-corrected chi connectivity index (χ1v) is 5.32. The number of hydrogen-bond donors (Lipinski definition) is 1. The van der Waals surface area contributed by atoms with Gasteiger partial charge >= 0.3 is 0 Å². The van der Waals surface area contributed by atoms with Crippen molar-refractivity contribution in [3.8, 4) is 5.75 Å². The van der Waals surface area contributed by atoms with Crippen molar-refractivity contribution in [2.75, 3.05) is 26.8 Å². The predicted octanol–water partition coefficient (Wildman–Crippen LogP) is 0.866. The van der Waals surface area contributed by atoms with E-state index in [1.807, 2.05) is 12.1 Å². The Morgan fingerprint density at radius 1 is 1.56 bits per heavy atom. The third kappa shape index (κ3) is 2.40. The zero-order valence-corrected chi connectivity index (χ0v) is 9.23. The molecule has 0 aromatic heterocycles.